The van der Waals surface area contributed by atoms with Gasteiger partial charge in [0.05, 0.1) is 10.9 Å². The summed E-state index contributed by atoms with van der Waals surface area (Å²) in [7, 11) is 0. The van der Waals surface area contributed by atoms with Crippen molar-refractivity contribution in [2.45, 2.75) is 5.25 Å². The number of hydrogen-bond acceptors (Lipinski definition) is 3. The van der Waals surface area contributed by atoms with Crippen LogP contribution >= 0.6 is 12.6 Å². The summed E-state index contributed by atoms with van der Waals surface area (Å²) in [6.45, 7) is 0. The van der Waals surface area contributed by atoms with Crippen LogP contribution in [0.2, 0.25) is 0 Å². The molecular weight excluding hydrogens is 146 g/mol. The fourth-order valence-electron chi connectivity index (χ4n) is 0.621. The van der Waals surface area contributed by atoms with Crippen LogP contribution in [0.25, 0.3) is 0 Å². The molecule has 1 aromatic heterocycles. The maximum atomic E-state index is 10.2. The van der Waals surface area contributed by atoms with Crippen LogP contribution in [0, 0.1) is 0 Å². The standard InChI is InChI=1S/C7H7NOS/c9-5-7(10)6-3-1-2-4-8-6/h1-5,7,10H. The van der Waals surface area contributed by atoms with E-state index < -0.39 is 0 Å². The molecule has 1 unspecified atom stereocenters. The van der Waals surface area contributed by atoms with Gasteiger partial charge in [-0.3, -0.25) is 4.98 Å². The lowest BCUT2D eigenvalue weighted by Gasteiger charge is -1.98. The molecule has 0 aromatic carbocycles. The maximum Gasteiger partial charge on any atom is 0.138 e. The molecule has 0 saturated carbocycles. The van der Waals surface area contributed by atoms with E-state index in [-0.39, 0.29) is 5.25 Å². The molecule has 0 fully saturated rings. The molecule has 52 valence electrons. The SMILES string of the molecule is O=CC(S)c1ccccn1. The lowest BCUT2D eigenvalue weighted by molar-refractivity contribution is -0.107. The molecule has 0 aliphatic rings. The van der Waals surface area contributed by atoms with E-state index in [4.69, 9.17) is 0 Å². The summed E-state index contributed by atoms with van der Waals surface area (Å²) in [5.41, 5.74) is 0.695. The van der Waals surface area contributed by atoms with Crippen molar-refractivity contribution in [3.8, 4) is 0 Å². The number of aldehydes is 1. The monoisotopic (exact) mass is 153 g/mol. The number of pyridine rings is 1. The predicted molar refractivity (Wildman–Crippen MR) is 42.0 cm³/mol. The number of hydrogen-bond donors (Lipinski definition) is 1. The Morgan fingerprint density at radius 1 is 1.60 bits per heavy atom. The third-order valence-corrected chi connectivity index (χ3v) is 1.51. The van der Waals surface area contributed by atoms with Crippen molar-refractivity contribution in [1.82, 2.24) is 4.98 Å². The Bertz CT molecular complexity index is 212. The van der Waals surface area contributed by atoms with Crippen LogP contribution in [-0.4, -0.2) is 11.3 Å². The lowest BCUT2D eigenvalue weighted by atomic mass is 10.3. The Hall–Kier alpha value is -0.830. The summed E-state index contributed by atoms with van der Waals surface area (Å²) in [4.78, 5) is 14.1. The van der Waals surface area contributed by atoms with Crippen LogP contribution in [0.1, 0.15) is 10.9 Å². The largest absolute Gasteiger partial charge is 0.302 e. The molecule has 0 radical (unpaired) electrons. The second-order valence-corrected chi connectivity index (χ2v) is 2.39. The first-order valence-electron chi connectivity index (χ1n) is 2.89. The molecule has 0 spiro atoms. The van der Waals surface area contributed by atoms with Gasteiger partial charge in [0, 0.05) is 6.20 Å². The summed E-state index contributed by atoms with van der Waals surface area (Å²) < 4.78 is 0. The highest BCUT2D eigenvalue weighted by Crippen LogP contribution is 2.12. The van der Waals surface area contributed by atoms with Gasteiger partial charge in [-0.15, -0.1) is 0 Å². The van der Waals surface area contributed by atoms with E-state index in [1.807, 2.05) is 6.07 Å². The fraction of sp³-hybridized carbons (Fsp3) is 0.143. The minimum Gasteiger partial charge on any atom is -0.302 e. The van der Waals surface area contributed by atoms with E-state index in [9.17, 15) is 4.79 Å². The lowest BCUT2D eigenvalue weighted by Crippen LogP contribution is -1.93. The number of carbonyl (C=O) groups is 1. The van der Waals surface area contributed by atoms with E-state index in [0.29, 0.717) is 5.69 Å². The van der Waals surface area contributed by atoms with Crippen molar-refractivity contribution in [1.29, 1.82) is 0 Å². The Morgan fingerprint density at radius 2 is 2.40 bits per heavy atom. The van der Waals surface area contributed by atoms with Gasteiger partial charge >= 0.3 is 0 Å². The second-order valence-electron chi connectivity index (χ2n) is 1.84. The fourth-order valence-corrected chi connectivity index (χ4v) is 0.773. The topological polar surface area (TPSA) is 30.0 Å². The van der Waals surface area contributed by atoms with Crippen molar-refractivity contribution in [2.24, 2.45) is 0 Å². The molecule has 0 aliphatic carbocycles. The molecule has 1 heterocycles. The van der Waals surface area contributed by atoms with Gasteiger partial charge in [0.1, 0.15) is 6.29 Å². The molecule has 0 saturated heterocycles. The Balaban J connectivity index is 2.84. The van der Waals surface area contributed by atoms with Crippen molar-refractivity contribution < 1.29 is 4.79 Å². The molecule has 0 N–H and O–H groups in total. The summed E-state index contributed by atoms with van der Waals surface area (Å²) in [6, 6.07) is 5.40. The van der Waals surface area contributed by atoms with Gasteiger partial charge in [-0.25, -0.2) is 0 Å². The molecule has 1 rings (SSSR count). The average Bonchev–Trinajstić information content (AvgIpc) is 2.05. The second kappa shape index (κ2) is 3.37. The minimum atomic E-state index is -0.388. The van der Waals surface area contributed by atoms with Crippen molar-refractivity contribution in [3.63, 3.8) is 0 Å². The average molecular weight is 153 g/mol. The zero-order valence-corrected chi connectivity index (χ0v) is 6.16. The van der Waals surface area contributed by atoms with Gasteiger partial charge in [-0.2, -0.15) is 12.6 Å². The van der Waals surface area contributed by atoms with Gasteiger partial charge in [0.15, 0.2) is 0 Å². The molecule has 0 amide bonds. The smallest absolute Gasteiger partial charge is 0.138 e. The molecule has 10 heavy (non-hydrogen) atoms. The molecule has 0 aliphatic heterocycles. The number of carbonyl (C=O) groups excluding carboxylic acids is 1. The number of aromatic nitrogens is 1. The van der Waals surface area contributed by atoms with E-state index in [1.54, 1.807) is 18.3 Å². The number of rotatable bonds is 2. The van der Waals surface area contributed by atoms with Crippen LogP contribution < -0.4 is 0 Å². The van der Waals surface area contributed by atoms with Crippen molar-refractivity contribution in [2.75, 3.05) is 0 Å². The maximum absolute atomic E-state index is 10.2. The zero-order chi connectivity index (χ0) is 7.40. The number of thiol groups is 1. The van der Waals surface area contributed by atoms with Crippen molar-refractivity contribution in [3.05, 3.63) is 30.1 Å². The molecular formula is C7H7NOS. The highest BCUT2D eigenvalue weighted by Gasteiger charge is 2.02. The third-order valence-electron chi connectivity index (χ3n) is 1.12. The van der Waals surface area contributed by atoms with E-state index in [2.05, 4.69) is 17.6 Å². The summed E-state index contributed by atoms with van der Waals surface area (Å²) in [5, 5.41) is -0.388. The van der Waals surface area contributed by atoms with Crippen LogP contribution in [-0.2, 0) is 4.79 Å². The van der Waals surface area contributed by atoms with Crippen LogP contribution in [0.5, 0.6) is 0 Å². The van der Waals surface area contributed by atoms with Gasteiger partial charge in [0.2, 0.25) is 0 Å². The summed E-state index contributed by atoms with van der Waals surface area (Å²) >= 11 is 3.99. The first-order valence-corrected chi connectivity index (χ1v) is 3.40. The first-order chi connectivity index (χ1) is 4.84. The van der Waals surface area contributed by atoms with Crippen LogP contribution in [0.4, 0.5) is 0 Å². The Labute approximate surface area is 64.7 Å². The van der Waals surface area contributed by atoms with Gasteiger partial charge in [0.25, 0.3) is 0 Å². The molecule has 1 aromatic rings. The minimum absolute atomic E-state index is 0.388. The first kappa shape index (κ1) is 7.28. The van der Waals surface area contributed by atoms with Gasteiger partial charge in [-0.05, 0) is 12.1 Å². The Kier molecular flexibility index (Phi) is 2.45. The summed E-state index contributed by atoms with van der Waals surface area (Å²) in [5.74, 6) is 0. The summed E-state index contributed by atoms with van der Waals surface area (Å²) in [6.07, 6.45) is 2.40. The van der Waals surface area contributed by atoms with Crippen LogP contribution in [0.3, 0.4) is 0 Å². The highest BCUT2D eigenvalue weighted by atomic mass is 32.1. The highest BCUT2D eigenvalue weighted by molar-refractivity contribution is 7.81. The van der Waals surface area contributed by atoms with Crippen molar-refractivity contribution >= 4 is 18.9 Å². The quantitative estimate of drug-likeness (QED) is 0.512. The van der Waals surface area contributed by atoms with E-state index in [1.165, 1.54) is 0 Å². The molecule has 1 atom stereocenters. The van der Waals surface area contributed by atoms with E-state index in [0.717, 1.165) is 6.29 Å². The number of nitrogens with zero attached hydrogens (tertiary/aromatic N) is 1. The predicted octanol–water partition coefficient (Wildman–Crippen LogP) is 1.25. The van der Waals surface area contributed by atoms with Gasteiger partial charge < -0.3 is 4.79 Å². The normalized spacial score (nSPS) is 12.5. The van der Waals surface area contributed by atoms with Crippen LogP contribution in [0.15, 0.2) is 24.4 Å². The zero-order valence-electron chi connectivity index (χ0n) is 5.27. The molecule has 2 nitrogen and oxygen atoms in total. The Morgan fingerprint density at radius 3 is 2.90 bits per heavy atom. The third kappa shape index (κ3) is 1.57. The molecule has 0 bridgehead atoms. The van der Waals surface area contributed by atoms with Gasteiger partial charge in [-0.1, -0.05) is 6.07 Å². The van der Waals surface area contributed by atoms with E-state index >= 15 is 0 Å². The molecule has 3 heteroatoms.